The molecule has 1 aliphatic rings. The molecule has 19 heavy (non-hydrogen) atoms. The average molecular weight is 260 g/mol. The quantitative estimate of drug-likeness (QED) is 0.873. The molecule has 1 amide bonds. The lowest BCUT2D eigenvalue weighted by Crippen LogP contribution is -2.38. The van der Waals surface area contributed by atoms with Gasteiger partial charge in [0.2, 0.25) is 5.91 Å². The zero-order valence-corrected chi connectivity index (χ0v) is 11.7. The van der Waals surface area contributed by atoms with E-state index < -0.39 is 0 Å². The second-order valence-electron chi connectivity index (χ2n) is 5.67. The maximum Gasteiger partial charge on any atom is 0.224 e. The molecule has 3 nitrogen and oxygen atoms in total. The predicted octanol–water partition coefficient (Wildman–Crippen LogP) is 2.38. The summed E-state index contributed by atoms with van der Waals surface area (Å²) in [6, 6.07) is 8.28. The van der Waals surface area contributed by atoms with Gasteiger partial charge >= 0.3 is 0 Å². The van der Waals surface area contributed by atoms with E-state index in [0.29, 0.717) is 19.0 Å². The standard InChI is InChI=1S/C16H24N2O/c1-12-6-8-15(9-7-12)18-16(19)10-13-4-2-3-5-14(13)11-17/h2-5,12,15H,6-11,17H2,1H3,(H,18,19). The van der Waals surface area contributed by atoms with Gasteiger partial charge < -0.3 is 11.1 Å². The Balaban J connectivity index is 1.87. The van der Waals surface area contributed by atoms with E-state index in [4.69, 9.17) is 5.73 Å². The molecule has 2 rings (SSSR count). The van der Waals surface area contributed by atoms with Crippen molar-refractivity contribution in [1.29, 1.82) is 0 Å². The van der Waals surface area contributed by atoms with Crippen LogP contribution in [0.1, 0.15) is 43.7 Å². The lowest BCUT2D eigenvalue weighted by atomic mass is 9.87. The second kappa shape index (κ2) is 6.71. The van der Waals surface area contributed by atoms with Gasteiger partial charge in [0.15, 0.2) is 0 Å². The first kappa shape index (κ1) is 14.1. The Labute approximate surface area is 115 Å². The number of benzene rings is 1. The fourth-order valence-electron chi connectivity index (χ4n) is 2.79. The number of hydrogen-bond donors (Lipinski definition) is 2. The summed E-state index contributed by atoms with van der Waals surface area (Å²) >= 11 is 0. The summed E-state index contributed by atoms with van der Waals surface area (Å²) in [6.07, 6.45) is 5.13. The van der Waals surface area contributed by atoms with Crippen LogP contribution < -0.4 is 11.1 Å². The van der Waals surface area contributed by atoms with Gasteiger partial charge in [-0.15, -0.1) is 0 Å². The van der Waals surface area contributed by atoms with Gasteiger partial charge in [-0.1, -0.05) is 31.2 Å². The molecule has 0 unspecified atom stereocenters. The van der Waals surface area contributed by atoms with Gasteiger partial charge in [-0.25, -0.2) is 0 Å². The lowest BCUT2D eigenvalue weighted by Gasteiger charge is -2.27. The maximum atomic E-state index is 12.1. The molecule has 1 aromatic carbocycles. The third kappa shape index (κ3) is 4.06. The van der Waals surface area contributed by atoms with Crippen molar-refractivity contribution < 1.29 is 4.79 Å². The Morgan fingerprint density at radius 1 is 1.21 bits per heavy atom. The van der Waals surface area contributed by atoms with Crippen LogP contribution in [0, 0.1) is 5.92 Å². The minimum absolute atomic E-state index is 0.125. The van der Waals surface area contributed by atoms with Gasteiger partial charge in [0.1, 0.15) is 0 Å². The van der Waals surface area contributed by atoms with Crippen LogP contribution in [0.15, 0.2) is 24.3 Å². The van der Waals surface area contributed by atoms with E-state index >= 15 is 0 Å². The molecule has 0 spiro atoms. The largest absolute Gasteiger partial charge is 0.353 e. The Bertz CT molecular complexity index is 423. The highest BCUT2D eigenvalue weighted by Crippen LogP contribution is 2.23. The molecule has 1 aromatic rings. The Kier molecular flexibility index (Phi) is 4.97. The number of rotatable bonds is 4. The summed E-state index contributed by atoms with van der Waals surface area (Å²) in [5, 5.41) is 3.16. The van der Waals surface area contributed by atoms with Crippen LogP contribution in [0.3, 0.4) is 0 Å². The summed E-state index contributed by atoms with van der Waals surface area (Å²) in [6.45, 7) is 2.78. The monoisotopic (exact) mass is 260 g/mol. The van der Waals surface area contributed by atoms with Crippen molar-refractivity contribution in [2.45, 2.75) is 51.6 Å². The molecule has 0 aromatic heterocycles. The highest BCUT2D eigenvalue weighted by molar-refractivity contribution is 5.79. The van der Waals surface area contributed by atoms with E-state index in [1.807, 2.05) is 24.3 Å². The van der Waals surface area contributed by atoms with Crippen molar-refractivity contribution in [3.8, 4) is 0 Å². The van der Waals surface area contributed by atoms with Gasteiger partial charge in [0.25, 0.3) is 0 Å². The Hall–Kier alpha value is -1.35. The minimum atomic E-state index is 0.125. The molecule has 1 saturated carbocycles. The van der Waals surface area contributed by atoms with E-state index in [9.17, 15) is 4.79 Å². The first-order valence-electron chi connectivity index (χ1n) is 7.25. The first-order chi connectivity index (χ1) is 9.19. The molecule has 3 heteroatoms. The van der Waals surface area contributed by atoms with Crippen molar-refractivity contribution in [3.63, 3.8) is 0 Å². The zero-order chi connectivity index (χ0) is 13.7. The predicted molar refractivity (Wildman–Crippen MR) is 77.6 cm³/mol. The average Bonchev–Trinajstić information content (AvgIpc) is 2.42. The summed E-state index contributed by atoms with van der Waals surface area (Å²) in [5.74, 6) is 0.937. The van der Waals surface area contributed by atoms with Crippen molar-refractivity contribution in [2.75, 3.05) is 0 Å². The molecule has 1 fully saturated rings. The molecule has 104 valence electrons. The Morgan fingerprint density at radius 2 is 1.84 bits per heavy atom. The molecule has 0 radical (unpaired) electrons. The van der Waals surface area contributed by atoms with Crippen molar-refractivity contribution >= 4 is 5.91 Å². The number of carbonyl (C=O) groups excluding carboxylic acids is 1. The Morgan fingerprint density at radius 3 is 2.47 bits per heavy atom. The van der Waals surface area contributed by atoms with E-state index in [0.717, 1.165) is 29.9 Å². The van der Waals surface area contributed by atoms with Crippen molar-refractivity contribution in [2.24, 2.45) is 11.7 Å². The molecule has 0 aliphatic heterocycles. The van der Waals surface area contributed by atoms with Crippen LogP contribution in [0.5, 0.6) is 0 Å². The van der Waals surface area contributed by atoms with Gasteiger partial charge in [0.05, 0.1) is 6.42 Å². The van der Waals surface area contributed by atoms with Crippen LogP contribution in [0.2, 0.25) is 0 Å². The summed E-state index contributed by atoms with van der Waals surface area (Å²) in [4.78, 5) is 12.1. The van der Waals surface area contributed by atoms with Gasteiger partial charge in [-0.2, -0.15) is 0 Å². The molecule has 1 aliphatic carbocycles. The van der Waals surface area contributed by atoms with E-state index in [1.165, 1.54) is 12.8 Å². The van der Waals surface area contributed by atoms with Gasteiger partial charge in [-0.3, -0.25) is 4.79 Å². The van der Waals surface area contributed by atoms with Crippen LogP contribution in [-0.4, -0.2) is 11.9 Å². The van der Waals surface area contributed by atoms with E-state index in [-0.39, 0.29) is 5.91 Å². The topological polar surface area (TPSA) is 55.1 Å². The van der Waals surface area contributed by atoms with Crippen LogP contribution >= 0.6 is 0 Å². The van der Waals surface area contributed by atoms with E-state index in [1.54, 1.807) is 0 Å². The number of hydrogen-bond acceptors (Lipinski definition) is 2. The minimum Gasteiger partial charge on any atom is -0.353 e. The maximum absolute atomic E-state index is 12.1. The lowest BCUT2D eigenvalue weighted by molar-refractivity contribution is -0.121. The molecular weight excluding hydrogens is 236 g/mol. The molecule has 0 heterocycles. The smallest absolute Gasteiger partial charge is 0.224 e. The van der Waals surface area contributed by atoms with Crippen LogP contribution in [0.25, 0.3) is 0 Å². The SMILES string of the molecule is CC1CCC(NC(=O)Cc2ccccc2CN)CC1. The molecule has 0 bridgehead atoms. The fraction of sp³-hybridized carbons (Fsp3) is 0.562. The number of amides is 1. The molecular formula is C16H24N2O. The number of carbonyl (C=O) groups is 1. The first-order valence-corrected chi connectivity index (χ1v) is 7.25. The number of nitrogens with two attached hydrogens (primary N) is 1. The van der Waals surface area contributed by atoms with Gasteiger partial charge in [0, 0.05) is 12.6 Å². The summed E-state index contributed by atoms with van der Waals surface area (Å²) in [5.41, 5.74) is 7.81. The fourth-order valence-corrected chi connectivity index (χ4v) is 2.79. The van der Waals surface area contributed by atoms with Crippen LogP contribution in [-0.2, 0) is 17.8 Å². The molecule has 0 atom stereocenters. The molecule has 3 N–H and O–H groups in total. The second-order valence-corrected chi connectivity index (χ2v) is 5.67. The van der Waals surface area contributed by atoms with Crippen molar-refractivity contribution in [3.05, 3.63) is 35.4 Å². The van der Waals surface area contributed by atoms with Crippen molar-refractivity contribution in [1.82, 2.24) is 5.32 Å². The summed E-state index contributed by atoms with van der Waals surface area (Å²) < 4.78 is 0. The molecule has 0 saturated heterocycles. The third-order valence-electron chi connectivity index (χ3n) is 4.07. The van der Waals surface area contributed by atoms with Gasteiger partial charge in [-0.05, 0) is 42.7 Å². The highest BCUT2D eigenvalue weighted by Gasteiger charge is 2.19. The number of nitrogens with one attached hydrogen (secondary N) is 1. The highest BCUT2D eigenvalue weighted by atomic mass is 16.1. The zero-order valence-electron chi connectivity index (χ0n) is 11.7. The third-order valence-corrected chi connectivity index (χ3v) is 4.07. The van der Waals surface area contributed by atoms with E-state index in [2.05, 4.69) is 12.2 Å². The van der Waals surface area contributed by atoms with Crippen LogP contribution in [0.4, 0.5) is 0 Å². The summed E-state index contributed by atoms with van der Waals surface area (Å²) in [7, 11) is 0. The normalized spacial score (nSPS) is 23.1.